The van der Waals surface area contributed by atoms with Gasteiger partial charge in [-0.15, -0.1) is 0 Å². The molecule has 0 fully saturated rings. The number of halogens is 1. The fraction of sp³-hybridized carbons (Fsp3) is 0.364. The van der Waals surface area contributed by atoms with Crippen LogP contribution in [0.15, 0.2) is 18.2 Å². The highest BCUT2D eigenvalue weighted by molar-refractivity contribution is 6.33. The summed E-state index contributed by atoms with van der Waals surface area (Å²) < 4.78 is 0. The molecule has 3 N–H and O–H groups in total. The molecule has 1 aromatic rings. The zero-order chi connectivity index (χ0) is 13.9. The number of nitrogens with two attached hydrogens (primary N) is 1. The smallest absolute Gasteiger partial charge is 0.293 e. The standard InChI is InChI=1S/C11H14ClN3O3/c1-6(2)9(11(13)16)14-10-7(12)4-3-5-8(10)15(17)18/h3-6,9,14H,1-2H3,(H2,13,16). The van der Waals surface area contributed by atoms with Gasteiger partial charge in [-0.2, -0.15) is 0 Å². The lowest BCUT2D eigenvalue weighted by molar-refractivity contribution is -0.384. The number of hydrogen-bond acceptors (Lipinski definition) is 4. The number of carbonyl (C=O) groups excluding carboxylic acids is 1. The lowest BCUT2D eigenvalue weighted by atomic mass is 10.0. The van der Waals surface area contributed by atoms with Crippen molar-refractivity contribution in [2.75, 3.05) is 5.32 Å². The Labute approximate surface area is 109 Å². The van der Waals surface area contributed by atoms with Crippen LogP contribution in [0.2, 0.25) is 5.02 Å². The molecule has 0 aromatic heterocycles. The molecule has 6 nitrogen and oxygen atoms in total. The van der Waals surface area contributed by atoms with Crippen LogP contribution >= 0.6 is 11.6 Å². The first-order valence-corrected chi connectivity index (χ1v) is 5.71. The normalized spacial score (nSPS) is 12.2. The molecule has 0 aliphatic carbocycles. The number of amides is 1. The number of benzene rings is 1. The zero-order valence-corrected chi connectivity index (χ0v) is 10.8. The van der Waals surface area contributed by atoms with Crippen LogP contribution in [0.25, 0.3) is 0 Å². The molecule has 0 spiro atoms. The highest BCUT2D eigenvalue weighted by Crippen LogP contribution is 2.32. The molecule has 0 aliphatic heterocycles. The average molecular weight is 272 g/mol. The molecule has 1 atom stereocenters. The van der Waals surface area contributed by atoms with Crippen molar-refractivity contribution >= 4 is 28.9 Å². The van der Waals surface area contributed by atoms with E-state index in [2.05, 4.69) is 5.32 Å². The maximum absolute atomic E-state index is 11.3. The van der Waals surface area contributed by atoms with Gasteiger partial charge in [0.15, 0.2) is 0 Å². The van der Waals surface area contributed by atoms with Crippen LogP contribution in [0.4, 0.5) is 11.4 Å². The van der Waals surface area contributed by atoms with Crippen LogP contribution in [0, 0.1) is 16.0 Å². The average Bonchev–Trinajstić information content (AvgIpc) is 2.25. The summed E-state index contributed by atoms with van der Waals surface area (Å²) in [6.45, 7) is 3.57. The molecule has 1 amide bonds. The number of rotatable bonds is 5. The highest BCUT2D eigenvalue weighted by atomic mass is 35.5. The number of hydrogen-bond donors (Lipinski definition) is 2. The monoisotopic (exact) mass is 271 g/mol. The third kappa shape index (κ3) is 3.10. The summed E-state index contributed by atoms with van der Waals surface area (Å²) in [6, 6.07) is 3.57. The van der Waals surface area contributed by atoms with Crippen molar-refractivity contribution in [1.82, 2.24) is 0 Å². The van der Waals surface area contributed by atoms with Crippen LogP contribution in [0.3, 0.4) is 0 Å². The van der Waals surface area contributed by atoms with E-state index in [4.69, 9.17) is 17.3 Å². The maximum atomic E-state index is 11.3. The fourth-order valence-corrected chi connectivity index (χ4v) is 1.75. The number of nitrogens with one attached hydrogen (secondary N) is 1. The zero-order valence-electron chi connectivity index (χ0n) is 10.0. The van der Waals surface area contributed by atoms with E-state index in [9.17, 15) is 14.9 Å². The van der Waals surface area contributed by atoms with Gasteiger partial charge in [-0.05, 0) is 12.0 Å². The Morgan fingerprint density at radius 2 is 2.11 bits per heavy atom. The quantitative estimate of drug-likeness (QED) is 0.633. The van der Waals surface area contributed by atoms with Crippen LogP contribution in [-0.2, 0) is 4.79 Å². The lowest BCUT2D eigenvalue weighted by Crippen LogP contribution is -2.39. The van der Waals surface area contributed by atoms with Crippen molar-refractivity contribution in [3.63, 3.8) is 0 Å². The number of carbonyl (C=O) groups is 1. The fourth-order valence-electron chi connectivity index (χ4n) is 1.53. The number of anilines is 1. The first-order chi connectivity index (χ1) is 8.34. The molecular formula is C11H14ClN3O3. The summed E-state index contributed by atoms with van der Waals surface area (Å²) in [5, 5.41) is 13.8. The van der Waals surface area contributed by atoms with Gasteiger partial charge >= 0.3 is 0 Å². The van der Waals surface area contributed by atoms with Gasteiger partial charge in [0, 0.05) is 6.07 Å². The van der Waals surface area contributed by atoms with E-state index in [0.717, 1.165) is 0 Å². The molecule has 0 radical (unpaired) electrons. The van der Waals surface area contributed by atoms with Gasteiger partial charge in [0.2, 0.25) is 5.91 Å². The van der Waals surface area contributed by atoms with Crippen molar-refractivity contribution < 1.29 is 9.72 Å². The Morgan fingerprint density at radius 1 is 1.50 bits per heavy atom. The van der Waals surface area contributed by atoms with Crippen molar-refractivity contribution in [3.05, 3.63) is 33.3 Å². The molecule has 1 rings (SSSR count). The van der Waals surface area contributed by atoms with Crippen molar-refractivity contribution in [1.29, 1.82) is 0 Å². The Hall–Kier alpha value is -1.82. The van der Waals surface area contributed by atoms with E-state index < -0.39 is 16.9 Å². The first kappa shape index (κ1) is 14.2. The molecule has 0 bridgehead atoms. The van der Waals surface area contributed by atoms with Crippen LogP contribution in [0.1, 0.15) is 13.8 Å². The second kappa shape index (κ2) is 5.68. The van der Waals surface area contributed by atoms with Crippen molar-refractivity contribution in [2.45, 2.75) is 19.9 Å². The number of nitro benzene ring substituents is 1. The highest BCUT2D eigenvalue weighted by Gasteiger charge is 2.24. The van der Waals surface area contributed by atoms with Gasteiger partial charge in [-0.25, -0.2) is 0 Å². The summed E-state index contributed by atoms with van der Waals surface area (Å²) >= 11 is 5.91. The summed E-state index contributed by atoms with van der Waals surface area (Å²) in [5.41, 5.74) is 5.17. The van der Waals surface area contributed by atoms with Gasteiger partial charge in [-0.1, -0.05) is 31.5 Å². The van der Waals surface area contributed by atoms with E-state index in [0.29, 0.717) is 0 Å². The first-order valence-electron chi connectivity index (χ1n) is 5.33. The third-order valence-corrected chi connectivity index (χ3v) is 2.78. The minimum absolute atomic E-state index is 0.113. The summed E-state index contributed by atoms with van der Waals surface area (Å²) in [7, 11) is 0. The summed E-state index contributed by atoms with van der Waals surface area (Å²) in [5.74, 6) is -0.697. The molecule has 98 valence electrons. The minimum Gasteiger partial charge on any atom is -0.368 e. The van der Waals surface area contributed by atoms with E-state index in [1.54, 1.807) is 13.8 Å². The maximum Gasteiger partial charge on any atom is 0.293 e. The molecule has 18 heavy (non-hydrogen) atoms. The van der Waals surface area contributed by atoms with Crippen molar-refractivity contribution in [3.8, 4) is 0 Å². The number of nitrogens with zero attached hydrogens (tertiary/aromatic N) is 1. The Kier molecular flexibility index (Phi) is 4.49. The number of nitro groups is 1. The molecule has 0 saturated carbocycles. The third-order valence-electron chi connectivity index (χ3n) is 2.46. The van der Waals surface area contributed by atoms with Gasteiger partial charge in [0.25, 0.3) is 5.69 Å². The van der Waals surface area contributed by atoms with Gasteiger partial charge in [-0.3, -0.25) is 14.9 Å². The van der Waals surface area contributed by atoms with E-state index in [1.165, 1.54) is 18.2 Å². The van der Waals surface area contributed by atoms with Gasteiger partial charge in [0.05, 0.1) is 9.95 Å². The molecule has 1 unspecified atom stereocenters. The second-order valence-electron chi connectivity index (χ2n) is 4.16. The van der Waals surface area contributed by atoms with Crippen molar-refractivity contribution in [2.24, 2.45) is 11.7 Å². The topological polar surface area (TPSA) is 98.3 Å². The van der Waals surface area contributed by atoms with E-state index in [1.807, 2.05) is 0 Å². The number of primary amides is 1. The summed E-state index contributed by atoms with van der Waals surface area (Å²) in [4.78, 5) is 21.6. The van der Waals surface area contributed by atoms with Crippen LogP contribution in [0.5, 0.6) is 0 Å². The van der Waals surface area contributed by atoms with Gasteiger partial charge in [0.1, 0.15) is 11.7 Å². The van der Waals surface area contributed by atoms with Crippen LogP contribution in [-0.4, -0.2) is 16.9 Å². The minimum atomic E-state index is -0.719. The molecule has 7 heteroatoms. The lowest BCUT2D eigenvalue weighted by Gasteiger charge is -2.20. The molecule has 0 saturated heterocycles. The number of para-hydroxylation sites is 1. The Morgan fingerprint density at radius 3 is 2.56 bits per heavy atom. The Balaban J connectivity index is 3.16. The predicted molar refractivity (Wildman–Crippen MR) is 69.5 cm³/mol. The van der Waals surface area contributed by atoms with E-state index >= 15 is 0 Å². The SMILES string of the molecule is CC(C)C(Nc1c(Cl)cccc1[N+](=O)[O-])C(N)=O. The second-order valence-corrected chi connectivity index (χ2v) is 4.57. The van der Waals surface area contributed by atoms with E-state index in [-0.39, 0.29) is 22.3 Å². The Bertz CT molecular complexity index is 477. The molecule has 0 aliphatic rings. The van der Waals surface area contributed by atoms with Gasteiger partial charge < -0.3 is 11.1 Å². The molecule has 0 heterocycles. The van der Waals surface area contributed by atoms with Crippen LogP contribution < -0.4 is 11.1 Å². The molecule has 1 aromatic carbocycles. The molecular weight excluding hydrogens is 258 g/mol. The predicted octanol–water partition coefficient (Wildman–Crippen LogP) is 2.17. The summed E-state index contributed by atoms with van der Waals surface area (Å²) in [6.07, 6.45) is 0. The largest absolute Gasteiger partial charge is 0.368 e.